The van der Waals surface area contributed by atoms with Crippen LogP contribution in [0.15, 0.2) is 61.3 Å². The van der Waals surface area contributed by atoms with Gasteiger partial charge in [0.25, 0.3) is 0 Å². The number of anilines is 1. The van der Waals surface area contributed by atoms with E-state index < -0.39 is 0 Å². The molecule has 2 aromatic carbocycles. The summed E-state index contributed by atoms with van der Waals surface area (Å²) >= 11 is 0. The Morgan fingerprint density at radius 2 is 1.87 bits per heavy atom. The lowest BCUT2D eigenvalue weighted by atomic mass is 10.1. The molecule has 2 amide bonds. The average molecular weight is 309 g/mol. The van der Waals surface area contributed by atoms with Gasteiger partial charge in [-0.05, 0) is 42.3 Å². The fraction of sp³-hybridized carbons (Fsp3) is 0.211. The van der Waals surface area contributed by atoms with Gasteiger partial charge in [0.2, 0.25) is 0 Å². The summed E-state index contributed by atoms with van der Waals surface area (Å²) in [5.41, 5.74) is 4.42. The quantitative estimate of drug-likeness (QED) is 0.732. The average Bonchev–Trinajstić information content (AvgIpc) is 2.56. The van der Waals surface area contributed by atoms with E-state index in [2.05, 4.69) is 40.7 Å². The Morgan fingerprint density at radius 1 is 1.09 bits per heavy atom. The molecule has 120 valence electrons. The van der Waals surface area contributed by atoms with Gasteiger partial charge in [0.1, 0.15) is 0 Å². The van der Waals surface area contributed by atoms with Crippen LogP contribution in [0.4, 0.5) is 10.5 Å². The Bertz CT molecular complexity index is 653. The molecular weight excluding hydrogens is 286 g/mol. The molecule has 0 atom stereocenters. The van der Waals surface area contributed by atoms with Gasteiger partial charge in [-0.25, -0.2) is 4.79 Å². The van der Waals surface area contributed by atoms with Crippen LogP contribution >= 0.6 is 0 Å². The van der Waals surface area contributed by atoms with E-state index in [9.17, 15) is 4.79 Å². The van der Waals surface area contributed by atoms with Gasteiger partial charge in [-0.1, -0.05) is 49.0 Å². The Morgan fingerprint density at radius 3 is 2.57 bits per heavy atom. The summed E-state index contributed by atoms with van der Waals surface area (Å²) in [5.74, 6) is 0. The molecule has 23 heavy (non-hydrogen) atoms. The number of hydrogen-bond donors (Lipinski definition) is 3. The van der Waals surface area contributed by atoms with Crippen molar-refractivity contribution >= 4 is 11.7 Å². The maximum absolute atomic E-state index is 11.8. The first-order valence-electron chi connectivity index (χ1n) is 7.71. The molecule has 3 N–H and O–H groups in total. The standard InChI is InChI=1S/C19H23N3O/c1-3-20-18-10-9-17(13-15(18)2)14-22-19(23)21-12-11-16-7-5-4-6-8-16/h3-10,13,20H,1,11-12,14H2,2H3,(H2,21,22,23). The van der Waals surface area contributed by atoms with Crippen LogP contribution < -0.4 is 16.0 Å². The van der Waals surface area contributed by atoms with Crippen LogP contribution in [0, 0.1) is 6.92 Å². The summed E-state index contributed by atoms with van der Waals surface area (Å²) in [6.07, 6.45) is 2.48. The van der Waals surface area contributed by atoms with E-state index >= 15 is 0 Å². The molecule has 0 fully saturated rings. The Labute approximate surface area is 137 Å². The maximum Gasteiger partial charge on any atom is 0.315 e. The lowest BCUT2D eigenvalue weighted by molar-refractivity contribution is 0.240. The summed E-state index contributed by atoms with van der Waals surface area (Å²) < 4.78 is 0. The predicted molar refractivity (Wildman–Crippen MR) is 95.4 cm³/mol. The van der Waals surface area contributed by atoms with E-state index in [1.165, 1.54) is 5.56 Å². The highest BCUT2D eigenvalue weighted by molar-refractivity contribution is 5.73. The zero-order valence-corrected chi connectivity index (χ0v) is 13.4. The van der Waals surface area contributed by atoms with Crippen molar-refractivity contribution < 1.29 is 4.79 Å². The summed E-state index contributed by atoms with van der Waals surface area (Å²) in [4.78, 5) is 11.8. The van der Waals surface area contributed by atoms with E-state index in [0.717, 1.165) is 23.2 Å². The van der Waals surface area contributed by atoms with Crippen LogP contribution in [-0.4, -0.2) is 12.6 Å². The molecule has 0 aromatic heterocycles. The molecule has 0 radical (unpaired) electrons. The van der Waals surface area contributed by atoms with E-state index in [1.54, 1.807) is 6.20 Å². The first kappa shape index (κ1) is 16.6. The molecule has 2 aromatic rings. The third kappa shape index (κ3) is 5.51. The normalized spacial score (nSPS) is 9.96. The van der Waals surface area contributed by atoms with E-state index in [0.29, 0.717) is 13.1 Å². The van der Waals surface area contributed by atoms with Crippen LogP contribution in [0.2, 0.25) is 0 Å². The van der Waals surface area contributed by atoms with Gasteiger partial charge >= 0.3 is 6.03 Å². The predicted octanol–water partition coefficient (Wildman–Crippen LogP) is 3.59. The second-order valence-corrected chi connectivity index (χ2v) is 5.34. The van der Waals surface area contributed by atoms with Crippen molar-refractivity contribution in [2.75, 3.05) is 11.9 Å². The number of aryl methyl sites for hydroxylation is 1. The summed E-state index contributed by atoms with van der Waals surface area (Å²) in [7, 11) is 0. The number of carbonyl (C=O) groups is 1. The fourth-order valence-corrected chi connectivity index (χ4v) is 2.32. The second-order valence-electron chi connectivity index (χ2n) is 5.34. The number of rotatable bonds is 7. The third-order valence-corrected chi connectivity index (χ3v) is 3.54. The van der Waals surface area contributed by atoms with E-state index in [1.807, 2.05) is 37.3 Å². The highest BCUT2D eigenvalue weighted by Crippen LogP contribution is 2.16. The minimum atomic E-state index is -0.146. The maximum atomic E-state index is 11.8. The molecule has 0 saturated carbocycles. The van der Waals surface area contributed by atoms with Crippen LogP contribution in [0.25, 0.3) is 0 Å². The number of urea groups is 1. The first-order valence-corrected chi connectivity index (χ1v) is 7.71. The summed E-state index contributed by atoms with van der Waals surface area (Å²) in [5, 5.41) is 8.82. The molecular formula is C19H23N3O. The fourth-order valence-electron chi connectivity index (χ4n) is 2.32. The highest BCUT2D eigenvalue weighted by atomic mass is 16.2. The second kappa shape index (κ2) is 8.63. The minimum absolute atomic E-state index is 0.146. The molecule has 0 heterocycles. The molecule has 0 aliphatic carbocycles. The molecule has 4 nitrogen and oxygen atoms in total. The summed E-state index contributed by atoms with van der Waals surface area (Å²) in [6.45, 7) is 6.80. The zero-order chi connectivity index (χ0) is 16.5. The summed E-state index contributed by atoms with van der Waals surface area (Å²) in [6, 6.07) is 16.0. The topological polar surface area (TPSA) is 53.2 Å². The molecule has 0 unspecified atom stereocenters. The minimum Gasteiger partial charge on any atom is -0.362 e. The number of hydrogen-bond acceptors (Lipinski definition) is 2. The van der Waals surface area contributed by atoms with Crippen molar-refractivity contribution in [2.24, 2.45) is 0 Å². The molecule has 0 saturated heterocycles. The van der Waals surface area contributed by atoms with Crippen LogP contribution in [0.3, 0.4) is 0 Å². The van der Waals surface area contributed by atoms with Gasteiger partial charge in [-0.15, -0.1) is 0 Å². The number of benzene rings is 2. The molecule has 2 rings (SSSR count). The number of carbonyl (C=O) groups excluding carboxylic acids is 1. The van der Waals surface area contributed by atoms with Gasteiger partial charge < -0.3 is 16.0 Å². The van der Waals surface area contributed by atoms with Crippen molar-refractivity contribution in [3.8, 4) is 0 Å². The van der Waals surface area contributed by atoms with Gasteiger partial charge in [-0.2, -0.15) is 0 Å². The SMILES string of the molecule is C=CNc1ccc(CNC(=O)NCCc2ccccc2)cc1C. The van der Waals surface area contributed by atoms with Gasteiger partial charge in [-0.3, -0.25) is 0 Å². The Balaban J connectivity index is 1.73. The van der Waals surface area contributed by atoms with Crippen molar-refractivity contribution in [3.05, 3.63) is 78.0 Å². The van der Waals surface area contributed by atoms with Gasteiger partial charge in [0.15, 0.2) is 0 Å². The lowest BCUT2D eigenvalue weighted by Crippen LogP contribution is -2.36. The van der Waals surface area contributed by atoms with Crippen LogP contribution in [0.5, 0.6) is 0 Å². The Kier molecular flexibility index (Phi) is 6.24. The molecule has 0 bridgehead atoms. The first-order chi connectivity index (χ1) is 11.2. The Hall–Kier alpha value is -2.75. The smallest absolute Gasteiger partial charge is 0.315 e. The van der Waals surface area contributed by atoms with Crippen LogP contribution in [0.1, 0.15) is 16.7 Å². The van der Waals surface area contributed by atoms with E-state index in [-0.39, 0.29) is 6.03 Å². The molecule has 0 aliphatic rings. The van der Waals surface area contributed by atoms with Gasteiger partial charge in [0, 0.05) is 18.8 Å². The van der Waals surface area contributed by atoms with E-state index in [4.69, 9.17) is 0 Å². The zero-order valence-electron chi connectivity index (χ0n) is 13.4. The number of amides is 2. The van der Waals surface area contributed by atoms with Crippen molar-refractivity contribution in [1.82, 2.24) is 10.6 Å². The van der Waals surface area contributed by atoms with Crippen molar-refractivity contribution in [3.63, 3.8) is 0 Å². The monoisotopic (exact) mass is 309 g/mol. The largest absolute Gasteiger partial charge is 0.362 e. The molecule has 0 spiro atoms. The lowest BCUT2D eigenvalue weighted by Gasteiger charge is -2.10. The highest BCUT2D eigenvalue weighted by Gasteiger charge is 2.02. The number of nitrogens with one attached hydrogen (secondary N) is 3. The third-order valence-electron chi connectivity index (χ3n) is 3.54. The van der Waals surface area contributed by atoms with Crippen LogP contribution in [-0.2, 0) is 13.0 Å². The molecule has 4 heteroatoms. The van der Waals surface area contributed by atoms with Crippen molar-refractivity contribution in [1.29, 1.82) is 0 Å². The van der Waals surface area contributed by atoms with Gasteiger partial charge in [0.05, 0.1) is 0 Å². The molecule has 0 aliphatic heterocycles. The van der Waals surface area contributed by atoms with Crippen molar-refractivity contribution in [2.45, 2.75) is 19.9 Å².